The number of rotatable bonds is 10. The molecule has 3 aromatic carbocycles. The monoisotopic (exact) mass is 585 g/mol. The van der Waals surface area contributed by atoms with E-state index in [-0.39, 0.29) is 29.1 Å². The summed E-state index contributed by atoms with van der Waals surface area (Å²) in [5.41, 5.74) is 1.47. The molecule has 1 aliphatic carbocycles. The molecule has 3 aromatic rings. The molecule has 2 amide bonds. The lowest BCUT2D eigenvalue weighted by molar-refractivity contribution is -0.139. The number of benzene rings is 3. The van der Waals surface area contributed by atoms with Crippen molar-refractivity contribution in [3.63, 3.8) is 0 Å². The maximum atomic E-state index is 14.0. The number of carbonyl (C=O) groups excluding carboxylic acids is 2. The van der Waals surface area contributed by atoms with Crippen LogP contribution >= 0.6 is 11.6 Å². The second kappa shape index (κ2) is 12.8. The number of halogens is 2. The molecule has 0 aliphatic heterocycles. The fourth-order valence-corrected chi connectivity index (χ4v) is 6.50. The summed E-state index contributed by atoms with van der Waals surface area (Å²) in [4.78, 5) is 28.6. The minimum absolute atomic E-state index is 0.00782. The number of sulfonamides is 1. The molecule has 0 bridgehead atoms. The van der Waals surface area contributed by atoms with Crippen LogP contribution in [0.5, 0.6) is 0 Å². The summed E-state index contributed by atoms with van der Waals surface area (Å²) in [6.07, 6.45) is 3.81. The molecule has 40 heavy (non-hydrogen) atoms. The molecule has 1 fully saturated rings. The van der Waals surface area contributed by atoms with Gasteiger partial charge < -0.3 is 10.2 Å². The average molecular weight is 586 g/mol. The number of hydrogen-bond acceptors (Lipinski definition) is 4. The average Bonchev–Trinajstić information content (AvgIpc) is 3.45. The van der Waals surface area contributed by atoms with Crippen LogP contribution in [0.2, 0.25) is 5.02 Å². The van der Waals surface area contributed by atoms with Gasteiger partial charge in [-0.05, 0) is 74.2 Å². The van der Waals surface area contributed by atoms with Crippen molar-refractivity contribution in [3.8, 4) is 0 Å². The van der Waals surface area contributed by atoms with E-state index in [0.29, 0.717) is 16.1 Å². The van der Waals surface area contributed by atoms with Crippen LogP contribution in [-0.4, -0.2) is 43.8 Å². The van der Waals surface area contributed by atoms with Crippen molar-refractivity contribution in [3.05, 3.63) is 94.8 Å². The topological polar surface area (TPSA) is 86.8 Å². The number of nitrogens with one attached hydrogen (secondary N) is 1. The molecule has 0 saturated heterocycles. The number of nitrogens with zero attached hydrogens (tertiary/aromatic N) is 2. The molecular formula is C30H33ClFN3O4S. The normalized spacial score (nSPS) is 14.5. The number of amides is 2. The fourth-order valence-electron chi connectivity index (χ4n) is 4.85. The minimum Gasteiger partial charge on any atom is -0.352 e. The lowest BCUT2D eigenvalue weighted by Crippen LogP contribution is -2.52. The van der Waals surface area contributed by atoms with Crippen molar-refractivity contribution in [1.82, 2.24) is 10.2 Å². The standard InChI is InChI=1S/C30H33ClFN3O4S/c1-21-12-15-24(31)18-28(21)35(40(38,39)27-10-4-3-5-11-27)20-29(36)34(19-23-13-16-25(32)17-14-23)22(2)30(37)33-26-8-6-7-9-26/h3-5,10-18,22,26H,6-9,19-20H2,1-2H3,(H,33,37)/t22-/m0/s1. The number of hydrogen-bond donors (Lipinski definition) is 1. The highest BCUT2D eigenvalue weighted by atomic mass is 35.5. The number of aryl methyl sites for hydroxylation is 1. The Kier molecular flexibility index (Phi) is 9.48. The highest BCUT2D eigenvalue weighted by Crippen LogP contribution is 2.30. The lowest BCUT2D eigenvalue weighted by atomic mass is 10.1. The molecule has 10 heteroatoms. The van der Waals surface area contributed by atoms with Crippen LogP contribution in [0.15, 0.2) is 77.7 Å². The Morgan fingerprint density at radius 2 is 1.68 bits per heavy atom. The highest BCUT2D eigenvalue weighted by molar-refractivity contribution is 7.92. The lowest BCUT2D eigenvalue weighted by Gasteiger charge is -2.33. The Balaban J connectivity index is 1.70. The van der Waals surface area contributed by atoms with Gasteiger partial charge in [-0.1, -0.05) is 60.8 Å². The van der Waals surface area contributed by atoms with Gasteiger partial charge in [0.05, 0.1) is 10.6 Å². The Morgan fingerprint density at radius 1 is 1.02 bits per heavy atom. The quantitative estimate of drug-likeness (QED) is 0.342. The summed E-state index contributed by atoms with van der Waals surface area (Å²) >= 11 is 6.25. The fraction of sp³-hybridized carbons (Fsp3) is 0.333. The van der Waals surface area contributed by atoms with Gasteiger partial charge in [-0.25, -0.2) is 12.8 Å². The minimum atomic E-state index is -4.19. The predicted octanol–water partition coefficient (Wildman–Crippen LogP) is 5.46. The van der Waals surface area contributed by atoms with Gasteiger partial charge in [0, 0.05) is 17.6 Å². The molecule has 212 valence electrons. The first kappa shape index (κ1) is 29.6. The van der Waals surface area contributed by atoms with Gasteiger partial charge in [0.25, 0.3) is 10.0 Å². The van der Waals surface area contributed by atoms with E-state index in [4.69, 9.17) is 11.6 Å². The van der Waals surface area contributed by atoms with Gasteiger partial charge in [0.15, 0.2) is 0 Å². The van der Waals surface area contributed by atoms with E-state index in [0.717, 1.165) is 30.0 Å². The van der Waals surface area contributed by atoms with Crippen LogP contribution < -0.4 is 9.62 Å². The first-order valence-electron chi connectivity index (χ1n) is 13.2. The van der Waals surface area contributed by atoms with Crippen molar-refractivity contribution >= 4 is 39.1 Å². The van der Waals surface area contributed by atoms with Crippen molar-refractivity contribution in [1.29, 1.82) is 0 Å². The Bertz CT molecular complexity index is 1450. The molecule has 0 unspecified atom stereocenters. The van der Waals surface area contributed by atoms with Gasteiger partial charge in [0.2, 0.25) is 11.8 Å². The van der Waals surface area contributed by atoms with Crippen molar-refractivity contribution in [2.75, 3.05) is 10.8 Å². The predicted molar refractivity (Wildman–Crippen MR) is 154 cm³/mol. The molecule has 4 rings (SSSR count). The molecule has 0 spiro atoms. The first-order chi connectivity index (χ1) is 19.1. The zero-order valence-corrected chi connectivity index (χ0v) is 24.1. The first-order valence-corrected chi connectivity index (χ1v) is 15.1. The van der Waals surface area contributed by atoms with Crippen molar-refractivity contribution < 1.29 is 22.4 Å². The third kappa shape index (κ3) is 7.01. The molecule has 1 aliphatic rings. The van der Waals surface area contributed by atoms with Gasteiger partial charge in [0.1, 0.15) is 18.4 Å². The highest BCUT2D eigenvalue weighted by Gasteiger charge is 2.34. The van der Waals surface area contributed by atoms with E-state index in [1.807, 2.05) is 0 Å². The molecule has 0 heterocycles. The summed E-state index contributed by atoms with van der Waals surface area (Å²) in [6.45, 7) is 2.77. The van der Waals surface area contributed by atoms with E-state index in [9.17, 15) is 22.4 Å². The Labute approximate surface area is 240 Å². The molecule has 1 N–H and O–H groups in total. The smallest absolute Gasteiger partial charge is 0.264 e. The SMILES string of the molecule is Cc1ccc(Cl)cc1N(CC(=O)N(Cc1ccc(F)cc1)[C@@H](C)C(=O)NC1CCCC1)S(=O)(=O)c1ccccc1. The molecule has 0 radical (unpaired) electrons. The van der Waals surface area contributed by atoms with Gasteiger partial charge in [-0.3, -0.25) is 13.9 Å². The maximum Gasteiger partial charge on any atom is 0.264 e. The third-order valence-electron chi connectivity index (χ3n) is 7.18. The zero-order chi connectivity index (χ0) is 28.9. The van der Waals surface area contributed by atoms with E-state index in [1.165, 1.54) is 47.4 Å². The van der Waals surface area contributed by atoms with E-state index in [2.05, 4.69) is 5.32 Å². The molecule has 7 nitrogen and oxygen atoms in total. The van der Waals surface area contributed by atoms with Crippen LogP contribution in [0.1, 0.15) is 43.7 Å². The summed E-state index contributed by atoms with van der Waals surface area (Å²) in [7, 11) is -4.19. The molecule has 1 atom stereocenters. The number of anilines is 1. The van der Waals surface area contributed by atoms with Crippen LogP contribution in [0, 0.1) is 12.7 Å². The van der Waals surface area contributed by atoms with Crippen molar-refractivity contribution in [2.45, 2.75) is 63.1 Å². The van der Waals surface area contributed by atoms with Crippen molar-refractivity contribution in [2.24, 2.45) is 0 Å². The summed E-state index contributed by atoms with van der Waals surface area (Å²) in [5, 5.41) is 3.34. The summed E-state index contributed by atoms with van der Waals surface area (Å²) < 4.78 is 42.4. The van der Waals surface area contributed by atoms with E-state index < -0.39 is 34.3 Å². The van der Waals surface area contributed by atoms with Crippen LogP contribution in [0.25, 0.3) is 0 Å². The third-order valence-corrected chi connectivity index (χ3v) is 9.19. The second-order valence-electron chi connectivity index (χ2n) is 10.1. The largest absolute Gasteiger partial charge is 0.352 e. The second-order valence-corrected chi connectivity index (χ2v) is 12.4. The van der Waals surface area contributed by atoms with Crippen LogP contribution in [0.3, 0.4) is 0 Å². The molecule has 0 aromatic heterocycles. The van der Waals surface area contributed by atoms with Gasteiger partial charge in [-0.2, -0.15) is 0 Å². The Morgan fingerprint density at radius 3 is 2.33 bits per heavy atom. The van der Waals surface area contributed by atoms with Crippen LogP contribution in [0.4, 0.5) is 10.1 Å². The van der Waals surface area contributed by atoms with E-state index >= 15 is 0 Å². The Hall–Kier alpha value is -3.43. The molecular weight excluding hydrogens is 553 g/mol. The van der Waals surface area contributed by atoms with Gasteiger partial charge in [-0.15, -0.1) is 0 Å². The zero-order valence-electron chi connectivity index (χ0n) is 22.5. The maximum absolute atomic E-state index is 14.0. The van der Waals surface area contributed by atoms with E-state index in [1.54, 1.807) is 44.2 Å². The molecule has 1 saturated carbocycles. The van der Waals surface area contributed by atoms with Gasteiger partial charge >= 0.3 is 0 Å². The summed E-state index contributed by atoms with van der Waals surface area (Å²) in [6, 6.07) is 17.4. The van der Waals surface area contributed by atoms with Crippen LogP contribution in [-0.2, 0) is 26.2 Å². The number of carbonyl (C=O) groups is 2. The summed E-state index contributed by atoms with van der Waals surface area (Å²) in [5.74, 6) is -1.33.